The van der Waals surface area contributed by atoms with Crippen molar-refractivity contribution in [2.45, 2.75) is 0 Å². The molecule has 1 saturated heterocycles. The molecule has 1 aromatic rings. The molecule has 7 heteroatoms. The molecule has 1 aliphatic rings. The molecule has 98 valence electrons. The summed E-state index contributed by atoms with van der Waals surface area (Å²) in [5, 5.41) is 0. The summed E-state index contributed by atoms with van der Waals surface area (Å²) in [7, 11) is 0. The van der Waals surface area contributed by atoms with Crippen molar-refractivity contribution in [1.82, 2.24) is 9.88 Å². The van der Waals surface area contributed by atoms with Crippen LogP contribution in [0.1, 0.15) is 0 Å². The highest BCUT2D eigenvalue weighted by molar-refractivity contribution is 9.10. The summed E-state index contributed by atoms with van der Waals surface area (Å²) >= 11 is 8.08. The van der Waals surface area contributed by atoms with E-state index in [1.54, 1.807) is 6.20 Å². The maximum Gasteiger partial charge on any atom is 0.166 e. The van der Waals surface area contributed by atoms with Gasteiger partial charge >= 0.3 is 0 Å². The van der Waals surface area contributed by atoms with Gasteiger partial charge in [-0.2, -0.15) is 0 Å². The van der Waals surface area contributed by atoms with Crippen LogP contribution in [0, 0.1) is 5.82 Å². The molecule has 18 heavy (non-hydrogen) atoms. The van der Waals surface area contributed by atoms with Crippen LogP contribution in [0.25, 0.3) is 0 Å². The maximum absolute atomic E-state index is 13.8. The van der Waals surface area contributed by atoms with Gasteiger partial charge in [0.15, 0.2) is 11.6 Å². The summed E-state index contributed by atoms with van der Waals surface area (Å²) in [6.45, 7) is 3.71. The second-order valence-electron chi connectivity index (χ2n) is 4.19. The van der Waals surface area contributed by atoms with Gasteiger partial charge in [0.1, 0.15) is 0 Å². The van der Waals surface area contributed by atoms with Crippen LogP contribution in [0.2, 0.25) is 0 Å². The van der Waals surface area contributed by atoms with Crippen molar-refractivity contribution in [3.8, 4) is 0 Å². The van der Waals surface area contributed by atoms with Gasteiger partial charge in [-0.25, -0.2) is 9.37 Å². The molecule has 4 nitrogen and oxygen atoms in total. The van der Waals surface area contributed by atoms with Crippen LogP contribution in [-0.4, -0.2) is 47.6 Å². The summed E-state index contributed by atoms with van der Waals surface area (Å²) in [5.74, 6) is 0.111. The number of pyridine rings is 1. The van der Waals surface area contributed by atoms with Crippen LogP contribution < -0.4 is 10.6 Å². The van der Waals surface area contributed by atoms with Crippen molar-refractivity contribution in [2.24, 2.45) is 5.73 Å². The molecular weight excluding hydrogens is 319 g/mol. The van der Waals surface area contributed by atoms with Gasteiger partial charge in [-0.3, -0.25) is 4.90 Å². The minimum atomic E-state index is -0.299. The zero-order valence-corrected chi connectivity index (χ0v) is 12.2. The van der Waals surface area contributed by atoms with Gasteiger partial charge in [-0.05, 0) is 22.0 Å². The van der Waals surface area contributed by atoms with E-state index < -0.39 is 0 Å². The van der Waals surface area contributed by atoms with Gasteiger partial charge in [0.05, 0.1) is 4.99 Å². The van der Waals surface area contributed by atoms with E-state index in [0.717, 1.165) is 26.2 Å². The molecule has 0 aromatic carbocycles. The van der Waals surface area contributed by atoms with E-state index in [9.17, 15) is 4.39 Å². The number of halogens is 2. The quantitative estimate of drug-likeness (QED) is 0.847. The summed E-state index contributed by atoms with van der Waals surface area (Å²) in [6, 6.07) is 1.43. The second kappa shape index (κ2) is 5.90. The number of piperazine rings is 1. The first kappa shape index (κ1) is 13.6. The van der Waals surface area contributed by atoms with Crippen LogP contribution in [0.5, 0.6) is 0 Å². The number of hydrogen-bond acceptors (Lipinski definition) is 4. The Morgan fingerprint density at radius 3 is 2.67 bits per heavy atom. The number of thiocarbonyl (C=S) groups is 1. The smallest absolute Gasteiger partial charge is 0.166 e. The number of hydrogen-bond donors (Lipinski definition) is 1. The number of nitrogens with zero attached hydrogens (tertiary/aromatic N) is 3. The molecule has 1 aliphatic heterocycles. The number of aromatic nitrogens is 1. The van der Waals surface area contributed by atoms with E-state index in [-0.39, 0.29) is 5.82 Å². The topological polar surface area (TPSA) is 45.4 Å². The van der Waals surface area contributed by atoms with Gasteiger partial charge in [-0.15, -0.1) is 0 Å². The normalized spacial score (nSPS) is 16.9. The van der Waals surface area contributed by atoms with E-state index in [4.69, 9.17) is 18.0 Å². The molecule has 1 aromatic heterocycles. The highest BCUT2D eigenvalue weighted by atomic mass is 79.9. The molecule has 0 spiro atoms. The van der Waals surface area contributed by atoms with Crippen molar-refractivity contribution < 1.29 is 4.39 Å². The molecule has 0 atom stereocenters. The van der Waals surface area contributed by atoms with Gasteiger partial charge in [0.2, 0.25) is 0 Å². The van der Waals surface area contributed by atoms with Gasteiger partial charge < -0.3 is 10.6 Å². The van der Waals surface area contributed by atoms with Crippen molar-refractivity contribution in [1.29, 1.82) is 0 Å². The Bertz CT molecular complexity index is 449. The minimum Gasteiger partial charge on any atom is -0.392 e. The average Bonchev–Trinajstić information content (AvgIpc) is 2.30. The van der Waals surface area contributed by atoms with Crippen LogP contribution >= 0.6 is 28.1 Å². The van der Waals surface area contributed by atoms with Gasteiger partial charge in [0, 0.05) is 43.4 Å². The van der Waals surface area contributed by atoms with Crippen LogP contribution in [0.4, 0.5) is 10.2 Å². The molecule has 0 radical (unpaired) electrons. The van der Waals surface area contributed by atoms with E-state index in [2.05, 4.69) is 25.8 Å². The molecule has 2 heterocycles. The lowest BCUT2D eigenvalue weighted by Gasteiger charge is -2.35. The summed E-state index contributed by atoms with van der Waals surface area (Å²) < 4.78 is 14.4. The third kappa shape index (κ3) is 3.37. The van der Waals surface area contributed by atoms with E-state index in [0.29, 0.717) is 21.8 Å². The molecule has 0 saturated carbocycles. The van der Waals surface area contributed by atoms with Gasteiger partial charge in [0.25, 0.3) is 0 Å². The fraction of sp³-hybridized carbons (Fsp3) is 0.455. The van der Waals surface area contributed by atoms with Crippen LogP contribution in [0.15, 0.2) is 16.7 Å². The third-order valence-corrected chi connectivity index (χ3v) is 3.40. The first-order chi connectivity index (χ1) is 8.56. The Balaban J connectivity index is 1.99. The van der Waals surface area contributed by atoms with Crippen molar-refractivity contribution in [3.63, 3.8) is 0 Å². The van der Waals surface area contributed by atoms with E-state index in [1.807, 2.05) is 4.90 Å². The average molecular weight is 333 g/mol. The molecule has 1 fully saturated rings. The Labute approximate surface area is 119 Å². The lowest BCUT2D eigenvalue weighted by Crippen LogP contribution is -2.49. The van der Waals surface area contributed by atoms with Crippen LogP contribution in [0.3, 0.4) is 0 Å². The maximum atomic E-state index is 13.8. The predicted octanol–water partition coefficient (Wildman–Crippen LogP) is 1.39. The molecule has 0 unspecified atom stereocenters. The monoisotopic (exact) mass is 332 g/mol. The molecule has 0 bridgehead atoms. The second-order valence-corrected chi connectivity index (χ2v) is 5.63. The highest BCUT2D eigenvalue weighted by Crippen LogP contribution is 2.21. The standard InChI is InChI=1S/C11H14BrFN4S/c12-8-5-9(13)11(15-6-8)17-3-1-16(2-4-17)7-10(14)18/h5-6H,1-4,7H2,(H2,14,18). The summed E-state index contributed by atoms with van der Waals surface area (Å²) in [4.78, 5) is 8.72. The SMILES string of the molecule is NC(=S)CN1CCN(c2ncc(Br)cc2F)CC1. The van der Waals surface area contributed by atoms with Crippen LogP contribution in [-0.2, 0) is 0 Å². The van der Waals surface area contributed by atoms with E-state index in [1.165, 1.54) is 6.07 Å². The summed E-state index contributed by atoms with van der Waals surface area (Å²) in [6.07, 6.45) is 1.61. The largest absolute Gasteiger partial charge is 0.392 e. The highest BCUT2D eigenvalue weighted by Gasteiger charge is 2.20. The summed E-state index contributed by atoms with van der Waals surface area (Å²) in [5.41, 5.74) is 5.51. The number of anilines is 1. The fourth-order valence-electron chi connectivity index (χ4n) is 1.98. The first-order valence-electron chi connectivity index (χ1n) is 5.63. The third-order valence-electron chi connectivity index (χ3n) is 2.84. The minimum absolute atomic E-state index is 0.299. The van der Waals surface area contributed by atoms with Crippen molar-refractivity contribution in [3.05, 3.63) is 22.6 Å². The molecule has 2 N–H and O–H groups in total. The predicted molar refractivity (Wildman–Crippen MR) is 77.3 cm³/mol. The Kier molecular flexibility index (Phi) is 4.47. The molecule has 0 amide bonds. The fourth-order valence-corrected chi connectivity index (χ4v) is 2.46. The molecule has 2 rings (SSSR count). The molecule has 0 aliphatic carbocycles. The van der Waals surface area contributed by atoms with Crippen molar-refractivity contribution in [2.75, 3.05) is 37.6 Å². The lowest BCUT2D eigenvalue weighted by atomic mass is 10.3. The first-order valence-corrected chi connectivity index (χ1v) is 6.83. The number of rotatable bonds is 3. The van der Waals surface area contributed by atoms with Crippen molar-refractivity contribution >= 4 is 39.0 Å². The Hall–Kier alpha value is -0.790. The number of nitrogens with two attached hydrogens (primary N) is 1. The molecular formula is C11H14BrFN4S. The zero-order valence-electron chi connectivity index (χ0n) is 9.77. The van der Waals surface area contributed by atoms with E-state index >= 15 is 0 Å². The Morgan fingerprint density at radius 1 is 1.44 bits per heavy atom. The van der Waals surface area contributed by atoms with Gasteiger partial charge in [-0.1, -0.05) is 12.2 Å². The Morgan fingerprint density at radius 2 is 2.11 bits per heavy atom. The zero-order chi connectivity index (χ0) is 13.1. The lowest BCUT2D eigenvalue weighted by molar-refractivity contribution is 0.290.